The third kappa shape index (κ3) is 2.89. The SMILES string of the molecule is CNC(Cc1nccs1)c1cc(C)ccc1OC. The summed E-state index contributed by atoms with van der Waals surface area (Å²) < 4.78 is 5.45. The summed E-state index contributed by atoms with van der Waals surface area (Å²) in [7, 11) is 3.68. The summed E-state index contributed by atoms with van der Waals surface area (Å²) in [5.74, 6) is 0.927. The van der Waals surface area contributed by atoms with Gasteiger partial charge in [-0.2, -0.15) is 0 Å². The first kappa shape index (κ1) is 13.1. The van der Waals surface area contributed by atoms with Crippen LogP contribution in [0.5, 0.6) is 5.75 Å². The fraction of sp³-hybridized carbons (Fsp3) is 0.357. The van der Waals surface area contributed by atoms with Crippen molar-refractivity contribution in [1.82, 2.24) is 10.3 Å². The monoisotopic (exact) mass is 262 g/mol. The molecule has 1 aromatic carbocycles. The maximum Gasteiger partial charge on any atom is 0.123 e. The van der Waals surface area contributed by atoms with Crippen molar-refractivity contribution in [3.63, 3.8) is 0 Å². The lowest BCUT2D eigenvalue weighted by molar-refractivity contribution is 0.401. The number of aryl methyl sites for hydroxylation is 1. The number of nitrogens with zero attached hydrogens (tertiary/aromatic N) is 1. The van der Waals surface area contributed by atoms with Crippen molar-refractivity contribution < 1.29 is 4.74 Å². The van der Waals surface area contributed by atoms with Gasteiger partial charge in [-0.15, -0.1) is 11.3 Å². The molecule has 2 rings (SSSR count). The van der Waals surface area contributed by atoms with Crippen LogP contribution in [0, 0.1) is 6.92 Å². The van der Waals surface area contributed by atoms with E-state index in [1.165, 1.54) is 11.1 Å². The van der Waals surface area contributed by atoms with E-state index < -0.39 is 0 Å². The lowest BCUT2D eigenvalue weighted by Gasteiger charge is -2.19. The molecule has 1 aromatic heterocycles. The Morgan fingerprint density at radius 3 is 2.89 bits per heavy atom. The van der Waals surface area contributed by atoms with Gasteiger partial charge in [-0.3, -0.25) is 0 Å². The Hall–Kier alpha value is -1.39. The van der Waals surface area contributed by atoms with Crippen molar-refractivity contribution in [1.29, 1.82) is 0 Å². The predicted octanol–water partition coefficient (Wildman–Crippen LogP) is 2.96. The van der Waals surface area contributed by atoms with E-state index in [0.717, 1.165) is 17.2 Å². The standard InChI is InChI=1S/C14H18N2OS/c1-10-4-5-13(17-3)11(8-10)12(15-2)9-14-16-6-7-18-14/h4-8,12,15H,9H2,1-3H3. The molecular formula is C14H18N2OS. The molecule has 4 heteroatoms. The third-order valence-corrected chi connectivity index (χ3v) is 3.77. The Bertz CT molecular complexity index is 497. The smallest absolute Gasteiger partial charge is 0.123 e. The van der Waals surface area contributed by atoms with Gasteiger partial charge >= 0.3 is 0 Å². The first-order valence-corrected chi connectivity index (χ1v) is 6.82. The summed E-state index contributed by atoms with van der Waals surface area (Å²) >= 11 is 1.69. The molecular weight excluding hydrogens is 244 g/mol. The summed E-state index contributed by atoms with van der Waals surface area (Å²) in [6, 6.07) is 6.49. The molecule has 3 nitrogen and oxygen atoms in total. The Morgan fingerprint density at radius 1 is 1.44 bits per heavy atom. The fourth-order valence-corrected chi connectivity index (χ4v) is 2.69. The molecule has 1 heterocycles. The van der Waals surface area contributed by atoms with Crippen LogP contribution in [0.2, 0.25) is 0 Å². The second-order valence-corrected chi connectivity index (χ2v) is 5.20. The lowest BCUT2D eigenvalue weighted by atomic mass is 10.0. The average Bonchev–Trinajstić information content (AvgIpc) is 2.88. The number of nitrogens with one attached hydrogen (secondary N) is 1. The van der Waals surface area contributed by atoms with Gasteiger partial charge in [0.25, 0.3) is 0 Å². The average molecular weight is 262 g/mol. The number of methoxy groups -OCH3 is 1. The maximum atomic E-state index is 5.45. The molecule has 0 radical (unpaired) electrons. The minimum absolute atomic E-state index is 0.228. The number of aromatic nitrogens is 1. The lowest BCUT2D eigenvalue weighted by Crippen LogP contribution is -2.19. The van der Waals surface area contributed by atoms with Crippen molar-refractivity contribution in [3.05, 3.63) is 45.9 Å². The van der Waals surface area contributed by atoms with Gasteiger partial charge in [-0.1, -0.05) is 17.7 Å². The molecule has 0 bridgehead atoms. The van der Waals surface area contributed by atoms with Crippen LogP contribution in [0.15, 0.2) is 29.8 Å². The van der Waals surface area contributed by atoms with Crippen LogP contribution in [0.3, 0.4) is 0 Å². The third-order valence-electron chi connectivity index (χ3n) is 2.97. The van der Waals surface area contributed by atoms with Crippen LogP contribution in [-0.4, -0.2) is 19.1 Å². The van der Waals surface area contributed by atoms with Crippen molar-refractivity contribution in [2.75, 3.05) is 14.2 Å². The molecule has 2 aromatic rings. The molecule has 1 N–H and O–H groups in total. The van der Waals surface area contributed by atoms with Crippen LogP contribution in [0.1, 0.15) is 22.2 Å². The molecule has 1 atom stereocenters. The number of ether oxygens (including phenoxy) is 1. The molecule has 0 aliphatic heterocycles. The van der Waals surface area contributed by atoms with Crippen LogP contribution in [-0.2, 0) is 6.42 Å². The van der Waals surface area contributed by atoms with Crippen LogP contribution in [0.25, 0.3) is 0 Å². The Balaban J connectivity index is 2.28. The van der Waals surface area contributed by atoms with Gasteiger partial charge in [0.2, 0.25) is 0 Å². The van der Waals surface area contributed by atoms with Gasteiger partial charge in [0, 0.05) is 29.6 Å². The van der Waals surface area contributed by atoms with Gasteiger partial charge in [-0.25, -0.2) is 4.98 Å². The highest BCUT2D eigenvalue weighted by atomic mass is 32.1. The molecule has 0 saturated carbocycles. The number of hydrogen-bond donors (Lipinski definition) is 1. The molecule has 0 spiro atoms. The van der Waals surface area contributed by atoms with Gasteiger partial charge in [0.05, 0.1) is 12.1 Å². The van der Waals surface area contributed by atoms with E-state index >= 15 is 0 Å². The molecule has 0 aliphatic rings. The number of benzene rings is 1. The first-order valence-electron chi connectivity index (χ1n) is 5.94. The number of thiazole rings is 1. The topological polar surface area (TPSA) is 34.2 Å². The summed E-state index contributed by atoms with van der Waals surface area (Å²) in [6.07, 6.45) is 2.73. The second kappa shape index (κ2) is 5.98. The van der Waals surface area contributed by atoms with Crippen LogP contribution in [0.4, 0.5) is 0 Å². The minimum Gasteiger partial charge on any atom is -0.496 e. The van der Waals surface area contributed by atoms with Gasteiger partial charge in [0.15, 0.2) is 0 Å². The Morgan fingerprint density at radius 2 is 2.28 bits per heavy atom. The van der Waals surface area contributed by atoms with E-state index in [1.807, 2.05) is 24.7 Å². The van der Waals surface area contributed by atoms with Gasteiger partial charge in [-0.05, 0) is 20.0 Å². The summed E-state index contributed by atoms with van der Waals surface area (Å²) in [5, 5.41) is 6.49. The normalized spacial score (nSPS) is 12.4. The minimum atomic E-state index is 0.228. The zero-order valence-electron chi connectivity index (χ0n) is 10.9. The van der Waals surface area contributed by atoms with Crippen molar-refractivity contribution >= 4 is 11.3 Å². The Kier molecular flexibility index (Phi) is 4.33. The van der Waals surface area contributed by atoms with Gasteiger partial charge < -0.3 is 10.1 Å². The van der Waals surface area contributed by atoms with Crippen LogP contribution < -0.4 is 10.1 Å². The summed E-state index contributed by atoms with van der Waals surface area (Å²) in [4.78, 5) is 4.35. The fourth-order valence-electron chi connectivity index (χ4n) is 2.02. The predicted molar refractivity (Wildman–Crippen MR) is 75.3 cm³/mol. The molecule has 18 heavy (non-hydrogen) atoms. The van der Waals surface area contributed by atoms with E-state index in [1.54, 1.807) is 18.4 Å². The second-order valence-electron chi connectivity index (χ2n) is 4.22. The quantitative estimate of drug-likeness (QED) is 0.899. The Labute approximate surface area is 112 Å². The molecule has 1 unspecified atom stereocenters. The van der Waals surface area contributed by atoms with Crippen molar-refractivity contribution in [2.45, 2.75) is 19.4 Å². The zero-order chi connectivity index (χ0) is 13.0. The van der Waals surface area contributed by atoms with Crippen molar-refractivity contribution in [3.8, 4) is 5.75 Å². The highest BCUT2D eigenvalue weighted by Crippen LogP contribution is 2.28. The largest absolute Gasteiger partial charge is 0.496 e. The van der Waals surface area contributed by atoms with Crippen LogP contribution >= 0.6 is 11.3 Å². The van der Waals surface area contributed by atoms with E-state index in [-0.39, 0.29) is 6.04 Å². The summed E-state index contributed by atoms with van der Waals surface area (Å²) in [5.41, 5.74) is 2.43. The highest BCUT2D eigenvalue weighted by Gasteiger charge is 2.16. The molecule has 0 saturated heterocycles. The van der Waals surface area contributed by atoms with E-state index in [4.69, 9.17) is 4.74 Å². The summed E-state index contributed by atoms with van der Waals surface area (Å²) in [6.45, 7) is 2.10. The molecule has 0 aliphatic carbocycles. The number of likely N-dealkylation sites (N-methyl/N-ethyl adjacent to an activating group) is 1. The van der Waals surface area contributed by atoms with Crippen molar-refractivity contribution in [2.24, 2.45) is 0 Å². The van der Waals surface area contributed by atoms with E-state index in [9.17, 15) is 0 Å². The molecule has 0 amide bonds. The number of hydrogen-bond acceptors (Lipinski definition) is 4. The maximum absolute atomic E-state index is 5.45. The first-order chi connectivity index (χ1) is 8.74. The molecule has 96 valence electrons. The number of rotatable bonds is 5. The molecule has 0 fully saturated rings. The van der Waals surface area contributed by atoms with E-state index in [0.29, 0.717) is 0 Å². The van der Waals surface area contributed by atoms with E-state index in [2.05, 4.69) is 29.4 Å². The highest BCUT2D eigenvalue weighted by molar-refractivity contribution is 7.09. The zero-order valence-corrected chi connectivity index (χ0v) is 11.8. The van der Waals surface area contributed by atoms with Gasteiger partial charge in [0.1, 0.15) is 5.75 Å².